The lowest BCUT2D eigenvalue weighted by Crippen LogP contribution is -2.59. The molecule has 1 aliphatic carbocycles. The lowest BCUT2D eigenvalue weighted by molar-refractivity contribution is 0.107. The summed E-state index contributed by atoms with van der Waals surface area (Å²) in [5.41, 5.74) is 4.98. The van der Waals surface area contributed by atoms with Crippen LogP contribution in [0.25, 0.3) is 32.2 Å². The van der Waals surface area contributed by atoms with Crippen LogP contribution in [-0.4, -0.2) is 76.0 Å². The van der Waals surface area contributed by atoms with Crippen LogP contribution in [0.3, 0.4) is 0 Å². The van der Waals surface area contributed by atoms with Gasteiger partial charge in [-0.05, 0) is 50.6 Å². The van der Waals surface area contributed by atoms with Crippen molar-refractivity contribution in [3.8, 4) is 23.2 Å². The third-order valence-corrected chi connectivity index (χ3v) is 12.3. The van der Waals surface area contributed by atoms with Crippen molar-refractivity contribution >= 4 is 43.3 Å². The van der Waals surface area contributed by atoms with Crippen LogP contribution in [0.15, 0.2) is 16.9 Å². The number of hydrogen-bond donors (Lipinski definition) is 2. The third-order valence-electron chi connectivity index (χ3n) is 11.3. The number of rotatable bonds is 5. The number of thiophene rings is 1. The maximum atomic E-state index is 17.1. The summed E-state index contributed by atoms with van der Waals surface area (Å²) in [6.07, 6.45) is 4.26. The molecule has 1 aromatic carbocycles. The van der Waals surface area contributed by atoms with Crippen molar-refractivity contribution in [2.75, 3.05) is 43.4 Å². The number of nitrogens with one attached hydrogen (secondary N) is 1. The number of nitrogens with two attached hydrogens (primary N) is 1. The summed E-state index contributed by atoms with van der Waals surface area (Å²) in [5.74, 6) is -0.674. The van der Waals surface area contributed by atoms with E-state index in [-0.39, 0.29) is 62.5 Å². The monoisotopic (exact) mass is 662 g/mol. The van der Waals surface area contributed by atoms with Crippen molar-refractivity contribution in [1.29, 1.82) is 5.26 Å². The minimum atomic E-state index is -0.935. The molecule has 5 fully saturated rings. The van der Waals surface area contributed by atoms with Gasteiger partial charge in [0.25, 0.3) is 5.56 Å². The summed E-state index contributed by atoms with van der Waals surface area (Å²) in [4.78, 5) is 28.1. The zero-order valence-corrected chi connectivity index (χ0v) is 26.4. The van der Waals surface area contributed by atoms with Crippen molar-refractivity contribution in [2.24, 2.45) is 5.92 Å². The number of ether oxygens (including phenoxy) is 1. The molecule has 0 amide bonds. The number of anilines is 2. The molecule has 2 bridgehead atoms. The molecule has 1 saturated carbocycles. The van der Waals surface area contributed by atoms with Crippen LogP contribution in [0.5, 0.6) is 6.01 Å². The molecule has 3 N–H and O–H groups in total. The van der Waals surface area contributed by atoms with E-state index < -0.39 is 28.9 Å². The van der Waals surface area contributed by atoms with Crippen LogP contribution in [-0.2, 0) is 6.54 Å². The van der Waals surface area contributed by atoms with Gasteiger partial charge in [0.05, 0.1) is 21.4 Å². The van der Waals surface area contributed by atoms with Crippen molar-refractivity contribution in [2.45, 2.75) is 68.9 Å². The fraction of sp³-hybridized carbons (Fsp3) is 0.515. The second-order valence-electron chi connectivity index (χ2n) is 13.7. The number of halogens is 3. The molecule has 3 unspecified atom stereocenters. The summed E-state index contributed by atoms with van der Waals surface area (Å²) < 4.78 is 54.4. The number of alkyl halides is 1. The van der Waals surface area contributed by atoms with E-state index >= 15 is 4.39 Å². The lowest BCUT2D eigenvalue weighted by atomic mass is 9.76. The second kappa shape index (κ2) is 10.5. The Morgan fingerprint density at radius 1 is 1.21 bits per heavy atom. The number of piperidine rings is 2. The molecule has 4 saturated heterocycles. The molecule has 3 aromatic heterocycles. The standard InChI is InChI=1S/C33H33F3N8O2S/c34-17-11-33(6-1-7-42(33)14-17)15-46-32-40-26-25(36)24(19-4-5-21(35)28-23(19)20(12-37)29(38)47-28)31(45)44-9-8-43(30(41-32)27(26)44)22-10-18-3-2-16(22)13-39-18/h4-5,16-18,22,39H,1-3,6-11,13-15,38H2/t16?,17-,18?,22?,33+/m1/s1. The fourth-order valence-electron chi connectivity index (χ4n) is 9.11. The minimum absolute atomic E-state index is 0.000296. The summed E-state index contributed by atoms with van der Waals surface area (Å²) in [6, 6.07) is 5.01. The zero-order valence-electron chi connectivity index (χ0n) is 25.6. The minimum Gasteiger partial charge on any atom is -0.461 e. The molecule has 0 radical (unpaired) electrons. The summed E-state index contributed by atoms with van der Waals surface area (Å²) >= 11 is 0.889. The van der Waals surface area contributed by atoms with E-state index in [1.807, 2.05) is 6.07 Å². The molecule has 5 atom stereocenters. The molecule has 5 aliphatic heterocycles. The highest BCUT2D eigenvalue weighted by molar-refractivity contribution is 7.23. The van der Waals surface area contributed by atoms with Gasteiger partial charge in [-0.2, -0.15) is 15.2 Å². The summed E-state index contributed by atoms with van der Waals surface area (Å²) in [6.45, 7) is 2.98. The Morgan fingerprint density at radius 2 is 2.09 bits per heavy atom. The quantitative estimate of drug-likeness (QED) is 0.322. The maximum absolute atomic E-state index is 17.1. The van der Waals surface area contributed by atoms with Crippen LogP contribution in [0.1, 0.15) is 44.1 Å². The van der Waals surface area contributed by atoms with Gasteiger partial charge in [-0.15, -0.1) is 11.3 Å². The first-order valence-corrected chi connectivity index (χ1v) is 17.1. The van der Waals surface area contributed by atoms with Gasteiger partial charge in [-0.25, -0.2) is 13.2 Å². The number of fused-ring (bicyclic) bond motifs is 5. The van der Waals surface area contributed by atoms with Crippen LogP contribution >= 0.6 is 11.3 Å². The first-order valence-electron chi connectivity index (χ1n) is 16.3. The van der Waals surface area contributed by atoms with Gasteiger partial charge in [0.1, 0.15) is 40.7 Å². The maximum Gasteiger partial charge on any atom is 0.319 e. The van der Waals surface area contributed by atoms with Crippen molar-refractivity contribution in [3.63, 3.8) is 0 Å². The van der Waals surface area contributed by atoms with Gasteiger partial charge in [0.2, 0.25) is 0 Å². The molecular formula is C33H33F3N8O2S. The molecule has 6 aliphatic rings. The van der Waals surface area contributed by atoms with Crippen LogP contribution in [0.4, 0.5) is 24.0 Å². The van der Waals surface area contributed by atoms with Crippen molar-refractivity contribution < 1.29 is 17.9 Å². The van der Waals surface area contributed by atoms with Gasteiger partial charge in [0.15, 0.2) is 11.6 Å². The number of hydrogen-bond acceptors (Lipinski definition) is 10. The van der Waals surface area contributed by atoms with E-state index in [0.29, 0.717) is 42.8 Å². The molecule has 14 heteroatoms. The van der Waals surface area contributed by atoms with E-state index in [0.717, 1.165) is 62.6 Å². The summed E-state index contributed by atoms with van der Waals surface area (Å²) in [7, 11) is 0. The zero-order chi connectivity index (χ0) is 32.2. The highest BCUT2D eigenvalue weighted by Gasteiger charge is 2.49. The number of nitrogens with zero attached hydrogens (tertiary/aromatic N) is 6. The molecule has 244 valence electrons. The normalized spacial score (nSPS) is 28.3. The summed E-state index contributed by atoms with van der Waals surface area (Å²) in [5, 5.41) is 13.7. The Labute approximate surface area is 271 Å². The topological polar surface area (TPSA) is 125 Å². The number of aromatic nitrogens is 3. The van der Waals surface area contributed by atoms with Crippen molar-refractivity contribution in [3.05, 3.63) is 39.7 Å². The van der Waals surface area contributed by atoms with Gasteiger partial charge in [0, 0.05) is 55.6 Å². The highest BCUT2D eigenvalue weighted by atomic mass is 32.1. The Morgan fingerprint density at radius 3 is 2.85 bits per heavy atom. The van der Waals surface area contributed by atoms with Gasteiger partial charge >= 0.3 is 6.01 Å². The van der Waals surface area contributed by atoms with E-state index in [9.17, 15) is 18.8 Å². The third kappa shape index (κ3) is 4.25. The van der Waals surface area contributed by atoms with Gasteiger partial charge < -0.3 is 25.3 Å². The molecule has 10 rings (SSSR count). The van der Waals surface area contributed by atoms with Gasteiger partial charge in [-0.1, -0.05) is 6.07 Å². The largest absolute Gasteiger partial charge is 0.461 e. The van der Waals surface area contributed by atoms with Crippen LogP contribution in [0, 0.1) is 28.9 Å². The van der Waals surface area contributed by atoms with E-state index in [2.05, 4.69) is 20.1 Å². The van der Waals surface area contributed by atoms with Crippen LogP contribution < -0.4 is 26.2 Å². The van der Waals surface area contributed by atoms with Crippen LogP contribution in [0.2, 0.25) is 0 Å². The molecule has 4 aromatic rings. The molecular weight excluding hydrogens is 629 g/mol. The number of nitriles is 1. The molecule has 8 heterocycles. The molecule has 47 heavy (non-hydrogen) atoms. The van der Waals surface area contributed by atoms with E-state index in [1.165, 1.54) is 10.6 Å². The van der Waals surface area contributed by atoms with Crippen molar-refractivity contribution in [1.82, 2.24) is 24.8 Å². The Bertz CT molecular complexity index is 2070. The second-order valence-corrected chi connectivity index (χ2v) is 14.8. The van der Waals surface area contributed by atoms with Gasteiger partial charge in [-0.3, -0.25) is 9.69 Å². The van der Waals surface area contributed by atoms with E-state index in [1.54, 1.807) is 0 Å². The molecule has 10 nitrogen and oxygen atoms in total. The smallest absolute Gasteiger partial charge is 0.319 e. The number of benzene rings is 1. The molecule has 0 spiro atoms. The number of nitrogen functional groups attached to an aromatic ring is 1. The Kier molecular flexibility index (Phi) is 6.55. The Balaban J connectivity index is 1.24. The lowest BCUT2D eigenvalue weighted by Gasteiger charge is -2.49. The average Bonchev–Trinajstić information content (AvgIpc) is 3.73. The van der Waals surface area contributed by atoms with E-state index in [4.69, 9.17) is 15.5 Å². The average molecular weight is 663 g/mol. The highest BCUT2D eigenvalue weighted by Crippen LogP contribution is 2.44. The Hall–Kier alpha value is -3.93. The first-order chi connectivity index (χ1) is 22.8. The SMILES string of the molecule is N#Cc1c(N)sc2c(F)ccc(-c3c(F)c4nc(OC[C@@]56CCCN5C[C@H](F)C6)nc5c4n(c3=O)CCN5C3CC4CCC3CN4)c12. The fourth-order valence-corrected chi connectivity index (χ4v) is 10.1. The first kappa shape index (κ1) is 29.2. The predicted molar refractivity (Wildman–Crippen MR) is 172 cm³/mol. The predicted octanol–water partition coefficient (Wildman–Crippen LogP) is 4.32. The number of pyridine rings is 1.